The fourth-order valence-corrected chi connectivity index (χ4v) is 6.02. The number of pyridine rings is 1. The van der Waals surface area contributed by atoms with E-state index in [1.54, 1.807) is 54.3 Å². The first-order chi connectivity index (χ1) is 20.6. The summed E-state index contributed by atoms with van der Waals surface area (Å²) in [7, 11) is -2.08. The maximum absolute atomic E-state index is 13.9. The van der Waals surface area contributed by atoms with Gasteiger partial charge >= 0.3 is 13.8 Å². The number of amides is 1. The molecular formula is C27H28F3N8O4P. The number of benzene rings is 1. The predicted octanol–water partition coefficient (Wildman–Crippen LogP) is 5.75. The highest BCUT2D eigenvalue weighted by molar-refractivity contribution is 7.53. The van der Waals surface area contributed by atoms with E-state index < -0.39 is 31.1 Å². The Morgan fingerprint density at radius 3 is 2.65 bits per heavy atom. The van der Waals surface area contributed by atoms with Crippen molar-refractivity contribution in [2.24, 2.45) is 0 Å². The topological polar surface area (TPSA) is 145 Å². The summed E-state index contributed by atoms with van der Waals surface area (Å²) >= 11 is 0. The number of carbonyl (C=O) groups excluding carboxylic acids is 1. The summed E-state index contributed by atoms with van der Waals surface area (Å²) in [6.45, 7) is 2.53. The Morgan fingerprint density at radius 2 is 1.93 bits per heavy atom. The van der Waals surface area contributed by atoms with Gasteiger partial charge < -0.3 is 25.0 Å². The van der Waals surface area contributed by atoms with Crippen LogP contribution in [0.15, 0.2) is 55.0 Å². The third-order valence-electron chi connectivity index (χ3n) is 6.35. The summed E-state index contributed by atoms with van der Waals surface area (Å²) in [6.07, 6.45) is -0.358. The summed E-state index contributed by atoms with van der Waals surface area (Å²) < 4.78 is 68.1. The van der Waals surface area contributed by atoms with E-state index in [1.165, 1.54) is 13.1 Å². The van der Waals surface area contributed by atoms with E-state index in [1.807, 2.05) is 0 Å². The number of aryl methyl sites for hydroxylation is 1. The van der Waals surface area contributed by atoms with Crippen molar-refractivity contribution in [2.75, 3.05) is 30.9 Å². The molecule has 0 spiro atoms. The number of hydrogen-bond donors (Lipinski definition) is 3. The van der Waals surface area contributed by atoms with Crippen molar-refractivity contribution in [1.82, 2.24) is 30.0 Å². The monoisotopic (exact) mass is 616 g/mol. The maximum atomic E-state index is 13.9. The second-order valence-corrected chi connectivity index (χ2v) is 11.5. The summed E-state index contributed by atoms with van der Waals surface area (Å²) in [5, 5.41) is 12.3. The van der Waals surface area contributed by atoms with Crippen LogP contribution in [-0.4, -0.2) is 50.9 Å². The van der Waals surface area contributed by atoms with Crippen molar-refractivity contribution in [1.29, 1.82) is 0 Å². The Kier molecular flexibility index (Phi) is 8.76. The zero-order chi connectivity index (χ0) is 30.6. The summed E-state index contributed by atoms with van der Waals surface area (Å²) in [5.74, 6) is -1.33. The van der Waals surface area contributed by atoms with E-state index in [-0.39, 0.29) is 36.7 Å². The zero-order valence-corrected chi connectivity index (χ0v) is 24.1. The van der Waals surface area contributed by atoms with Crippen LogP contribution in [-0.2, 0) is 32.5 Å². The highest BCUT2D eigenvalue weighted by atomic mass is 31.2. The summed E-state index contributed by atoms with van der Waals surface area (Å²) in [6, 6.07) is 9.68. The molecule has 4 aromatic rings. The number of hydrogen-bond acceptors (Lipinski definition) is 10. The van der Waals surface area contributed by atoms with Gasteiger partial charge in [-0.15, -0.1) is 0 Å². The first-order valence-electron chi connectivity index (χ1n) is 13.3. The molecule has 16 heteroatoms. The average molecular weight is 617 g/mol. The minimum atomic E-state index is -4.79. The molecule has 0 saturated heterocycles. The molecule has 3 N–H and O–H groups in total. The molecule has 1 amide bonds. The molecule has 4 aliphatic heterocycles. The molecule has 43 heavy (non-hydrogen) atoms. The van der Waals surface area contributed by atoms with E-state index >= 15 is 0 Å². The van der Waals surface area contributed by atoms with E-state index in [0.29, 0.717) is 41.7 Å². The molecule has 0 saturated carbocycles. The van der Waals surface area contributed by atoms with Crippen LogP contribution in [0.1, 0.15) is 35.0 Å². The summed E-state index contributed by atoms with van der Waals surface area (Å²) in [4.78, 5) is 25.1. The molecule has 1 aromatic carbocycles. The van der Waals surface area contributed by atoms with Gasteiger partial charge in [-0.05, 0) is 43.2 Å². The van der Waals surface area contributed by atoms with Crippen LogP contribution in [0.4, 0.5) is 36.3 Å². The largest absolute Gasteiger partial charge is 0.421 e. The zero-order valence-electron chi connectivity index (χ0n) is 23.2. The van der Waals surface area contributed by atoms with Crippen LogP contribution in [0.3, 0.4) is 0 Å². The van der Waals surface area contributed by atoms with Gasteiger partial charge in [-0.25, -0.2) is 9.97 Å². The third kappa shape index (κ3) is 7.19. The Balaban J connectivity index is 1.58. The van der Waals surface area contributed by atoms with Gasteiger partial charge in [0.05, 0.1) is 37.0 Å². The van der Waals surface area contributed by atoms with Gasteiger partial charge in [-0.3, -0.25) is 14.0 Å². The molecule has 226 valence electrons. The normalized spacial score (nSPS) is 17.3. The highest BCUT2D eigenvalue weighted by Crippen LogP contribution is 2.51. The van der Waals surface area contributed by atoms with Crippen molar-refractivity contribution in [3.8, 4) is 11.3 Å². The lowest BCUT2D eigenvalue weighted by Gasteiger charge is -2.18. The lowest BCUT2D eigenvalue weighted by Crippen LogP contribution is -2.21. The number of aromatic nitrogens is 5. The van der Waals surface area contributed by atoms with Crippen molar-refractivity contribution >= 4 is 36.6 Å². The minimum Gasteiger partial charge on any atom is -0.354 e. The Hall–Kier alpha value is -4.33. The van der Waals surface area contributed by atoms with E-state index in [2.05, 4.69) is 36.0 Å². The SMILES string of the molecule is CCO[P@@]1(=O)Cc2ccc(cc2)Nc2ncc(C(F)(F)F)c(n2)Nc2ccc(nc2C(=O)NC)-c2cnn(c2)CCCO1. The molecule has 12 nitrogen and oxygen atoms in total. The van der Waals surface area contributed by atoms with E-state index in [4.69, 9.17) is 9.05 Å². The van der Waals surface area contributed by atoms with Crippen molar-refractivity contribution in [2.45, 2.75) is 32.2 Å². The van der Waals surface area contributed by atoms with Crippen molar-refractivity contribution in [3.63, 3.8) is 0 Å². The van der Waals surface area contributed by atoms with Crippen LogP contribution in [0.25, 0.3) is 11.3 Å². The summed E-state index contributed by atoms with van der Waals surface area (Å²) in [5.41, 5.74) is 0.821. The fourth-order valence-electron chi connectivity index (χ4n) is 4.30. The number of alkyl halides is 3. The quantitative estimate of drug-likeness (QED) is 0.243. The number of anilines is 4. The van der Waals surface area contributed by atoms with Crippen molar-refractivity contribution in [3.05, 3.63) is 71.8 Å². The molecule has 8 bridgehead atoms. The molecule has 8 rings (SSSR count). The number of nitrogens with zero attached hydrogens (tertiary/aromatic N) is 5. The van der Waals surface area contributed by atoms with Crippen LogP contribution in [0.5, 0.6) is 0 Å². The minimum absolute atomic E-state index is 0.00742. The number of carbonyl (C=O) groups is 1. The Morgan fingerprint density at radius 1 is 1.14 bits per heavy atom. The maximum Gasteiger partial charge on any atom is 0.421 e. The van der Waals surface area contributed by atoms with Crippen LogP contribution in [0, 0.1) is 0 Å². The van der Waals surface area contributed by atoms with Crippen LogP contribution >= 0.6 is 7.60 Å². The second-order valence-electron chi connectivity index (χ2n) is 9.44. The molecule has 0 fully saturated rings. The van der Waals surface area contributed by atoms with Gasteiger partial charge in [-0.2, -0.15) is 23.3 Å². The number of nitrogens with one attached hydrogen (secondary N) is 3. The Labute approximate surface area is 244 Å². The van der Waals surface area contributed by atoms with Crippen LogP contribution in [0.2, 0.25) is 0 Å². The van der Waals surface area contributed by atoms with Gasteiger partial charge in [0.2, 0.25) is 5.95 Å². The Bertz CT molecular complexity index is 1660. The third-order valence-corrected chi connectivity index (χ3v) is 8.33. The fraction of sp³-hybridized carbons (Fsp3) is 0.296. The number of halogens is 3. The molecule has 0 aliphatic carbocycles. The highest BCUT2D eigenvalue weighted by Gasteiger charge is 2.36. The van der Waals surface area contributed by atoms with Gasteiger partial charge in [-0.1, -0.05) is 12.1 Å². The standard InChI is InChI=1S/C27H28F3N8O4P/c1-3-41-43(40)16-17-5-7-19(8-6-17)34-26-32-14-20(27(28,29)30)24(37-26)36-22-10-9-21(35-23(22)25(39)31-2)18-13-33-38(15-18)11-4-12-42-43/h5-10,13-15H,3-4,11-12,16H2,1-2H3,(H,31,39)(H2,32,34,36,37)/t43-/m0/s1. The molecule has 4 aliphatic rings. The molecule has 1 atom stereocenters. The van der Waals surface area contributed by atoms with Crippen molar-refractivity contribution < 1.29 is 31.6 Å². The lowest BCUT2D eigenvalue weighted by atomic mass is 10.1. The smallest absolute Gasteiger partial charge is 0.354 e. The molecule has 0 unspecified atom stereocenters. The first kappa shape index (κ1) is 30.1. The van der Waals surface area contributed by atoms with E-state index in [0.717, 1.165) is 0 Å². The second kappa shape index (κ2) is 12.5. The van der Waals surface area contributed by atoms with Gasteiger partial charge in [0.25, 0.3) is 5.91 Å². The predicted molar refractivity (Wildman–Crippen MR) is 152 cm³/mol. The first-order valence-corrected chi connectivity index (χ1v) is 15.0. The van der Waals surface area contributed by atoms with Gasteiger partial charge in [0, 0.05) is 37.2 Å². The molecule has 3 aromatic heterocycles. The number of rotatable bonds is 3. The van der Waals surface area contributed by atoms with E-state index in [9.17, 15) is 22.5 Å². The molecule has 7 heterocycles. The lowest BCUT2D eigenvalue weighted by molar-refractivity contribution is -0.137. The van der Waals surface area contributed by atoms with Crippen LogP contribution < -0.4 is 16.0 Å². The van der Waals surface area contributed by atoms with Gasteiger partial charge in [0.15, 0.2) is 5.69 Å². The average Bonchev–Trinajstić information content (AvgIpc) is 3.44. The molecule has 0 radical (unpaired) electrons. The molecular weight excluding hydrogens is 588 g/mol. The van der Waals surface area contributed by atoms with Gasteiger partial charge in [0.1, 0.15) is 11.4 Å².